The second-order valence-corrected chi connectivity index (χ2v) is 3.81. The Kier molecular flexibility index (Phi) is 2.72. The summed E-state index contributed by atoms with van der Waals surface area (Å²) in [4.78, 5) is 4.18. The maximum atomic E-state index is 4.18. The Morgan fingerprint density at radius 1 is 1.31 bits per heavy atom. The van der Waals surface area contributed by atoms with Crippen LogP contribution in [0.4, 0.5) is 0 Å². The second-order valence-electron chi connectivity index (χ2n) is 2.89. The van der Waals surface area contributed by atoms with Crippen LogP contribution in [-0.4, -0.2) is 4.98 Å². The van der Waals surface area contributed by atoms with Crippen molar-refractivity contribution in [2.45, 2.75) is 12.8 Å². The summed E-state index contributed by atoms with van der Waals surface area (Å²) >= 11 is 1.66. The molecule has 13 heavy (non-hydrogen) atoms. The molecule has 1 aliphatic carbocycles. The number of hydrogen-bond donors (Lipinski definition) is 0. The normalized spacial score (nSPS) is 16.5. The van der Waals surface area contributed by atoms with Gasteiger partial charge in [-0.15, -0.1) is 11.3 Å². The predicted molar refractivity (Wildman–Crippen MR) is 57.6 cm³/mol. The first kappa shape index (κ1) is 8.45. The largest absolute Gasteiger partial charge is 0.245 e. The monoisotopic (exact) mass is 189 g/mol. The van der Waals surface area contributed by atoms with Crippen LogP contribution < -0.4 is 0 Å². The Bertz CT molecular complexity index is 344. The average Bonchev–Trinajstić information content (AvgIpc) is 2.69. The van der Waals surface area contributed by atoms with Crippen molar-refractivity contribution in [1.82, 2.24) is 4.98 Å². The summed E-state index contributed by atoms with van der Waals surface area (Å²) in [6.07, 6.45) is 15.0. The first-order chi connectivity index (χ1) is 6.45. The van der Waals surface area contributed by atoms with E-state index < -0.39 is 0 Å². The summed E-state index contributed by atoms with van der Waals surface area (Å²) in [7, 11) is 0. The summed E-state index contributed by atoms with van der Waals surface area (Å²) in [6, 6.07) is 0. The van der Waals surface area contributed by atoms with Crippen molar-refractivity contribution in [3.05, 3.63) is 46.5 Å². The van der Waals surface area contributed by atoms with Gasteiger partial charge in [-0.05, 0) is 24.5 Å². The molecule has 0 amide bonds. The van der Waals surface area contributed by atoms with Crippen LogP contribution in [-0.2, 0) is 0 Å². The lowest BCUT2D eigenvalue weighted by Gasteiger charge is -1.99. The minimum absolute atomic E-state index is 1.07. The quantitative estimate of drug-likeness (QED) is 0.694. The first-order valence-corrected chi connectivity index (χ1v) is 5.27. The molecule has 0 fully saturated rings. The molecule has 0 spiro atoms. The molecule has 0 unspecified atom stereocenters. The van der Waals surface area contributed by atoms with Crippen molar-refractivity contribution in [3.63, 3.8) is 0 Å². The third-order valence-electron chi connectivity index (χ3n) is 1.89. The molecule has 1 aromatic heterocycles. The number of rotatable bonds is 2. The fourth-order valence-corrected chi connectivity index (χ4v) is 1.77. The average molecular weight is 189 g/mol. The van der Waals surface area contributed by atoms with E-state index in [4.69, 9.17) is 0 Å². The van der Waals surface area contributed by atoms with Gasteiger partial charge in [0.1, 0.15) is 5.01 Å². The highest BCUT2D eigenvalue weighted by atomic mass is 32.1. The minimum atomic E-state index is 1.07. The number of nitrogens with zero attached hydrogens (tertiary/aromatic N) is 1. The molecule has 1 aromatic rings. The fraction of sp³-hybridized carbons (Fsp3) is 0.182. The molecule has 0 atom stereocenters. The van der Waals surface area contributed by atoms with Crippen molar-refractivity contribution in [2.24, 2.45) is 0 Å². The van der Waals surface area contributed by atoms with Gasteiger partial charge in [0.25, 0.3) is 0 Å². The van der Waals surface area contributed by atoms with Crippen molar-refractivity contribution in [3.8, 4) is 0 Å². The molecule has 0 radical (unpaired) electrons. The highest BCUT2D eigenvalue weighted by Gasteiger charge is 1.92. The van der Waals surface area contributed by atoms with E-state index in [1.165, 1.54) is 12.0 Å². The first-order valence-electron chi connectivity index (χ1n) is 4.39. The maximum Gasteiger partial charge on any atom is 0.116 e. The van der Waals surface area contributed by atoms with Gasteiger partial charge in [0, 0.05) is 11.6 Å². The molecule has 66 valence electrons. The Morgan fingerprint density at radius 3 is 3.00 bits per heavy atom. The summed E-state index contributed by atoms with van der Waals surface area (Å²) in [5, 5.41) is 3.06. The van der Waals surface area contributed by atoms with E-state index in [9.17, 15) is 0 Å². The van der Waals surface area contributed by atoms with Gasteiger partial charge in [-0.25, -0.2) is 4.98 Å². The Hall–Kier alpha value is -1.15. The Morgan fingerprint density at radius 2 is 2.31 bits per heavy atom. The number of allylic oxidation sites excluding steroid dienone is 5. The van der Waals surface area contributed by atoms with Gasteiger partial charge in [0.05, 0.1) is 0 Å². The SMILES string of the molecule is C1=CC(/C=C/c2nccs2)=CCC1. The summed E-state index contributed by atoms with van der Waals surface area (Å²) in [6.45, 7) is 0. The number of thiazole rings is 1. The molecule has 0 aliphatic heterocycles. The third kappa shape index (κ3) is 2.39. The summed E-state index contributed by atoms with van der Waals surface area (Å²) in [5.74, 6) is 0. The van der Waals surface area contributed by atoms with Crippen LogP contribution in [0.15, 0.2) is 41.5 Å². The molecule has 1 aliphatic rings. The van der Waals surface area contributed by atoms with Gasteiger partial charge in [0.15, 0.2) is 0 Å². The van der Waals surface area contributed by atoms with Gasteiger partial charge < -0.3 is 0 Å². The van der Waals surface area contributed by atoms with E-state index in [1.54, 1.807) is 11.3 Å². The lowest BCUT2D eigenvalue weighted by atomic mass is 10.1. The molecule has 1 heterocycles. The van der Waals surface area contributed by atoms with Gasteiger partial charge in [-0.3, -0.25) is 0 Å². The molecule has 0 saturated heterocycles. The zero-order chi connectivity index (χ0) is 8.93. The van der Waals surface area contributed by atoms with Crippen molar-refractivity contribution >= 4 is 17.4 Å². The summed E-state index contributed by atoms with van der Waals surface area (Å²) < 4.78 is 0. The van der Waals surface area contributed by atoms with E-state index in [-0.39, 0.29) is 0 Å². The molecule has 2 heteroatoms. The van der Waals surface area contributed by atoms with E-state index in [2.05, 4.69) is 35.4 Å². The highest BCUT2D eigenvalue weighted by molar-refractivity contribution is 7.10. The fourth-order valence-electron chi connectivity index (χ4n) is 1.24. The number of hydrogen-bond acceptors (Lipinski definition) is 2. The number of aromatic nitrogens is 1. The lowest BCUT2D eigenvalue weighted by molar-refractivity contribution is 1.03. The predicted octanol–water partition coefficient (Wildman–Crippen LogP) is 3.43. The lowest BCUT2D eigenvalue weighted by Crippen LogP contribution is -1.79. The van der Waals surface area contributed by atoms with Crippen LogP contribution in [0.3, 0.4) is 0 Å². The molecule has 2 rings (SSSR count). The van der Waals surface area contributed by atoms with Crippen molar-refractivity contribution in [2.75, 3.05) is 0 Å². The molecule has 0 saturated carbocycles. The van der Waals surface area contributed by atoms with Crippen molar-refractivity contribution in [1.29, 1.82) is 0 Å². The molecular formula is C11H11NS. The minimum Gasteiger partial charge on any atom is -0.245 e. The molecule has 0 N–H and O–H groups in total. The zero-order valence-electron chi connectivity index (χ0n) is 7.31. The van der Waals surface area contributed by atoms with E-state index in [0.29, 0.717) is 0 Å². The van der Waals surface area contributed by atoms with Crippen LogP contribution in [0.25, 0.3) is 6.08 Å². The Balaban J connectivity index is 2.05. The highest BCUT2D eigenvalue weighted by Crippen LogP contribution is 2.13. The molecule has 0 aromatic carbocycles. The van der Waals surface area contributed by atoms with E-state index in [1.807, 2.05) is 11.6 Å². The van der Waals surface area contributed by atoms with E-state index >= 15 is 0 Å². The zero-order valence-corrected chi connectivity index (χ0v) is 8.13. The van der Waals surface area contributed by atoms with Gasteiger partial charge in [-0.2, -0.15) is 0 Å². The molecule has 0 bridgehead atoms. The maximum absolute atomic E-state index is 4.18. The molecule has 1 nitrogen and oxygen atoms in total. The standard InChI is InChI=1S/C11H11NS/c1-2-4-10(5-3-1)6-7-11-12-8-9-13-11/h2,4-9H,1,3H2/b7-6+. The Labute approximate surface area is 82.1 Å². The topological polar surface area (TPSA) is 12.9 Å². The second kappa shape index (κ2) is 4.19. The van der Waals surface area contributed by atoms with Crippen LogP contribution in [0, 0.1) is 0 Å². The van der Waals surface area contributed by atoms with Gasteiger partial charge in [0.2, 0.25) is 0 Å². The van der Waals surface area contributed by atoms with Crippen molar-refractivity contribution < 1.29 is 0 Å². The van der Waals surface area contributed by atoms with E-state index in [0.717, 1.165) is 11.4 Å². The van der Waals surface area contributed by atoms with Crippen LogP contribution >= 0.6 is 11.3 Å². The van der Waals surface area contributed by atoms with Crippen LogP contribution in [0.5, 0.6) is 0 Å². The smallest absolute Gasteiger partial charge is 0.116 e. The third-order valence-corrected chi connectivity index (χ3v) is 2.63. The van der Waals surface area contributed by atoms with Crippen LogP contribution in [0.1, 0.15) is 17.8 Å². The van der Waals surface area contributed by atoms with Gasteiger partial charge >= 0.3 is 0 Å². The van der Waals surface area contributed by atoms with Crippen LogP contribution in [0.2, 0.25) is 0 Å². The molecular weight excluding hydrogens is 178 g/mol. The van der Waals surface area contributed by atoms with Gasteiger partial charge in [-0.1, -0.05) is 24.3 Å². The summed E-state index contributed by atoms with van der Waals surface area (Å²) in [5.41, 5.74) is 1.29.